The van der Waals surface area contributed by atoms with Gasteiger partial charge >= 0.3 is 0 Å². The maximum absolute atomic E-state index is 12.1. The molecule has 1 aromatic carbocycles. The molecule has 0 aliphatic heterocycles. The third kappa shape index (κ3) is 3.60. The molecule has 1 saturated carbocycles. The minimum atomic E-state index is 0.0889. The van der Waals surface area contributed by atoms with Crippen LogP contribution in [0.4, 0.5) is 0 Å². The minimum Gasteiger partial charge on any atom is -0.484 e. The molecule has 1 fully saturated rings. The van der Waals surface area contributed by atoms with E-state index in [4.69, 9.17) is 4.74 Å². The number of carbonyl (C=O) groups excluding carboxylic acids is 1. The van der Waals surface area contributed by atoms with Crippen molar-refractivity contribution in [2.24, 2.45) is 0 Å². The van der Waals surface area contributed by atoms with E-state index >= 15 is 0 Å². The first-order valence-corrected chi connectivity index (χ1v) is 7.35. The van der Waals surface area contributed by atoms with Crippen LogP contribution < -0.4 is 4.74 Å². The molecular weight excluding hydrogens is 341 g/mol. The summed E-state index contributed by atoms with van der Waals surface area (Å²) in [5, 5.41) is 0. The standard InChI is InChI=1S/C14H18INO2/c1-10(2)16(12-5-6-12)14(17)9-18-13-7-3-11(15)4-8-13/h3-4,7-8,10,12H,5-6,9H2,1-2H3. The van der Waals surface area contributed by atoms with Crippen molar-refractivity contribution in [2.45, 2.75) is 38.8 Å². The Balaban J connectivity index is 1.88. The largest absolute Gasteiger partial charge is 0.484 e. The molecule has 4 heteroatoms. The number of carbonyl (C=O) groups is 1. The lowest BCUT2D eigenvalue weighted by atomic mass is 10.3. The molecule has 0 bridgehead atoms. The highest BCUT2D eigenvalue weighted by molar-refractivity contribution is 14.1. The third-order valence-electron chi connectivity index (χ3n) is 2.96. The van der Waals surface area contributed by atoms with Crippen molar-refractivity contribution in [1.82, 2.24) is 4.90 Å². The van der Waals surface area contributed by atoms with Gasteiger partial charge in [0.25, 0.3) is 5.91 Å². The average molecular weight is 359 g/mol. The summed E-state index contributed by atoms with van der Waals surface area (Å²) in [7, 11) is 0. The molecule has 18 heavy (non-hydrogen) atoms. The van der Waals surface area contributed by atoms with Crippen LogP contribution in [-0.4, -0.2) is 29.5 Å². The zero-order valence-corrected chi connectivity index (χ0v) is 12.9. The van der Waals surface area contributed by atoms with E-state index in [1.807, 2.05) is 29.2 Å². The molecule has 1 aliphatic carbocycles. The molecule has 0 spiro atoms. The van der Waals surface area contributed by atoms with Crippen molar-refractivity contribution in [1.29, 1.82) is 0 Å². The summed E-state index contributed by atoms with van der Waals surface area (Å²) in [6.45, 7) is 4.25. The summed E-state index contributed by atoms with van der Waals surface area (Å²) in [6.07, 6.45) is 2.26. The molecule has 0 radical (unpaired) electrons. The second-order valence-corrected chi connectivity index (χ2v) is 6.11. The van der Waals surface area contributed by atoms with Gasteiger partial charge in [-0.15, -0.1) is 0 Å². The van der Waals surface area contributed by atoms with E-state index in [2.05, 4.69) is 36.4 Å². The highest BCUT2D eigenvalue weighted by Gasteiger charge is 2.34. The van der Waals surface area contributed by atoms with Crippen LogP contribution in [0.5, 0.6) is 5.75 Å². The van der Waals surface area contributed by atoms with Gasteiger partial charge in [-0.25, -0.2) is 0 Å². The Bertz CT molecular complexity index is 410. The van der Waals surface area contributed by atoms with Crippen molar-refractivity contribution in [3.8, 4) is 5.75 Å². The normalized spacial score (nSPS) is 14.7. The fraction of sp³-hybridized carbons (Fsp3) is 0.500. The summed E-state index contributed by atoms with van der Waals surface area (Å²) >= 11 is 2.24. The van der Waals surface area contributed by atoms with Crippen molar-refractivity contribution in [2.75, 3.05) is 6.61 Å². The predicted octanol–water partition coefficient (Wildman–Crippen LogP) is 3.07. The molecule has 0 N–H and O–H groups in total. The lowest BCUT2D eigenvalue weighted by Crippen LogP contribution is -2.41. The molecule has 3 nitrogen and oxygen atoms in total. The minimum absolute atomic E-state index is 0.0889. The quantitative estimate of drug-likeness (QED) is 0.757. The Morgan fingerprint density at radius 3 is 2.50 bits per heavy atom. The van der Waals surface area contributed by atoms with Gasteiger partial charge in [-0.1, -0.05) is 0 Å². The van der Waals surface area contributed by atoms with Crippen molar-refractivity contribution in [3.05, 3.63) is 27.8 Å². The number of hydrogen-bond donors (Lipinski definition) is 0. The number of ether oxygens (including phenoxy) is 1. The van der Waals surface area contributed by atoms with Crippen LogP contribution >= 0.6 is 22.6 Å². The highest BCUT2D eigenvalue weighted by Crippen LogP contribution is 2.28. The molecule has 0 unspecified atom stereocenters. The highest BCUT2D eigenvalue weighted by atomic mass is 127. The summed E-state index contributed by atoms with van der Waals surface area (Å²) in [6, 6.07) is 8.43. The van der Waals surface area contributed by atoms with Crippen LogP contribution in [-0.2, 0) is 4.79 Å². The van der Waals surface area contributed by atoms with Crippen LogP contribution in [0.15, 0.2) is 24.3 Å². The Morgan fingerprint density at radius 1 is 1.39 bits per heavy atom. The van der Waals surface area contributed by atoms with E-state index in [9.17, 15) is 4.79 Å². The van der Waals surface area contributed by atoms with Gasteiger partial charge in [0.1, 0.15) is 5.75 Å². The third-order valence-corrected chi connectivity index (χ3v) is 3.68. The molecule has 0 saturated heterocycles. The smallest absolute Gasteiger partial charge is 0.260 e. The molecule has 0 aromatic heterocycles. The fourth-order valence-electron chi connectivity index (χ4n) is 2.02. The van der Waals surface area contributed by atoms with Gasteiger partial charge in [0, 0.05) is 15.7 Å². The number of nitrogens with zero attached hydrogens (tertiary/aromatic N) is 1. The van der Waals surface area contributed by atoms with Crippen molar-refractivity contribution < 1.29 is 9.53 Å². The molecule has 1 amide bonds. The monoisotopic (exact) mass is 359 g/mol. The number of amides is 1. The van der Waals surface area contributed by atoms with Gasteiger partial charge in [0.05, 0.1) is 0 Å². The summed E-state index contributed by atoms with van der Waals surface area (Å²) in [5.41, 5.74) is 0. The Morgan fingerprint density at radius 2 is 2.00 bits per heavy atom. The Hall–Kier alpha value is -0.780. The lowest BCUT2D eigenvalue weighted by molar-refractivity contribution is -0.135. The van der Waals surface area contributed by atoms with E-state index in [1.54, 1.807) is 0 Å². The van der Waals surface area contributed by atoms with E-state index in [0.29, 0.717) is 6.04 Å². The van der Waals surface area contributed by atoms with Gasteiger partial charge in [-0.05, 0) is 73.5 Å². The molecule has 1 aliphatic rings. The van der Waals surface area contributed by atoms with Crippen LogP contribution in [0.3, 0.4) is 0 Å². The Labute approximate surface area is 122 Å². The van der Waals surface area contributed by atoms with E-state index < -0.39 is 0 Å². The number of rotatable bonds is 5. The van der Waals surface area contributed by atoms with Crippen LogP contribution in [0.2, 0.25) is 0 Å². The second-order valence-electron chi connectivity index (χ2n) is 4.87. The van der Waals surface area contributed by atoms with Gasteiger partial charge in [-0.2, -0.15) is 0 Å². The SMILES string of the molecule is CC(C)N(C(=O)COc1ccc(I)cc1)C1CC1. The first kappa shape index (κ1) is 13.6. The van der Waals surface area contributed by atoms with Crippen molar-refractivity contribution in [3.63, 3.8) is 0 Å². The van der Waals surface area contributed by atoms with E-state index in [1.165, 1.54) is 0 Å². The predicted molar refractivity (Wildman–Crippen MR) is 79.7 cm³/mol. The fourth-order valence-corrected chi connectivity index (χ4v) is 2.38. The van der Waals surface area contributed by atoms with Gasteiger partial charge in [0.2, 0.25) is 0 Å². The zero-order chi connectivity index (χ0) is 13.1. The van der Waals surface area contributed by atoms with Crippen LogP contribution in [0, 0.1) is 3.57 Å². The molecule has 0 heterocycles. The van der Waals surface area contributed by atoms with Gasteiger partial charge < -0.3 is 9.64 Å². The first-order valence-electron chi connectivity index (χ1n) is 6.27. The lowest BCUT2D eigenvalue weighted by Gasteiger charge is -2.26. The molecular formula is C14H18INO2. The van der Waals surface area contributed by atoms with E-state index in [0.717, 1.165) is 22.2 Å². The van der Waals surface area contributed by atoms with Crippen LogP contribution in [0.1, 0.15) is 26.7 Å². The topological polar surface area (TPSA) is 29.5 Å². The van der Waals surface area contributed by atoms with Gasteiger partial charge in [-0.3, -0.25) is 4.79 Å². The molecule has 0 atom stereocenters. The maximum atomic E-state index is 12.1. The second kappa shape index (κ2) is 5.91. The average Bonchev–Trinajstić information content (AvgIpc) is 3.12. The first-order chi connectivity index (χ1) is 8.58. The molecule has 2 rings (SSSR count). The summed E-state index contributed by atoms with van der Waals surface area (Å²) in [5.74, 6) is 0.842. The van der Waals surface area contributed by atoms with Crippen molar-refractivity contribution >= 4 is 28.5 Å². The summed E-state index contributed by atoms with van der Waals surface area (Å²) in [4.78, 5) is 14.1. The van der Waals surface area contributed by atoms with E-state index in [-0.39, 0.29) is 18.6 Å². The number of halogens is 1. The van der Waals surface area contributed by atoms with Crippen LogP contribution in [0.25, 0.3) is 0 Å². The van der Waals surface area contributed by atoms with Gasteiger partial charge in [0.15, 0.2) is 6.61 Å². The number of hydrogen-bond acceptors (Lipinski definition) is 2. The molecule has 98 valence electrons. The summed E-state index contributed by atoms with van der Waals surface area (Å²) < 4.78 is 6.70. The Kier molecular flexibility index (Phi) is 4.48. The molecule has 1 aromatic rings. The number of benzene rings is 1. The maximum Gasteiger partial charge on any atom is 0.260 e. The zero-order valence-electron chi connectivity index (χ0n) is 10.7.